The van der Waals surface area contributed by atoms with Crippen LogP contribution in [0.25, 0.3) is 0 Å². The topological polar surface area (TPSA) is 70.7 Å². The number of hydrogen-bond donors (Lipinski definition) is 2. The van der Waals surface area contributed by atoms with Gasteiger partial charge in [-0.15, -0.1) is 0 Å². The third-order valence-corrected chi connectivity index (χ3v) is 2.16. The molecule has 1 atom stereocenters. The average Bonchev–Trinajstić information content (AvgIpc) is 2.22. The smallest absolute Gasteiger partial charge is 0.190 e. The van der Waals surface area contributed by atoms with Crippen LogP contribution in [0.15, 0.2) is 4.99 Å². The average molecular weight is 200 g/mol. The van der Waals surface area contributed by atoms with Gasteiger partial charge in [0.05, 0.1) is 6.04 Å². The standard InChI is InChI=1S/C9H20N4O/c1-11-8(7-14)5-4-6-13(3)9(10)12-2/h7-8,11H,4-6H2,1-3H3,(H2,10,12)/t8-/m0/s1. The lowest BCUT2D eigenvalue weighted by molar-refractivity contribution is -0.109. The summed E-state index contributed by atoms with van der Waals surface area (Å²) in [7, 11) is 5.33. The molecule has 0 radical (unpaired) electrons. The van der Waals surface area contributed by atoms with Crippen molar-refractivity contribution in [3.05, 3.63) is 0 Å². The van der Waals surface area contributed by atoms with Crippen LogP contribution >= 0.6 is 0 Å². The molecule has 0 rings (SSSR count). The Hall–Kier alpha value is -1.10. The molecule has 0 amide bonds. The van der Waals surface area contributed by atoms with E-state index >= 15 is 0 Å². The van der Waals surface area contributed by atoms with E-state index in [-0.39, 0.29) is 6.04 Å². The van der Waals surface area contributed by atoms with Crippen LogP contribution in [-0.4, -0.2) is 50.9 Å². The van der Waals surface area contributed by atoms with Gasteiger partial charge in [0.15, 0.2) is 5.96 Å². The minimum atomic E-state index is -0.0526. The zero-order valence-electron chi connectivity index (χ0n) is 9.16. The summed E-state index contributed by atoms with van der Waals surface area (Å²) in [5.41, 5.74) is 5.59. The third kappa shape index (κ3) is 4.81. The van der Waals surface area contributed by atoms with Crippen molar-refractivity contribution >= 4 is 12.2 Å². The number of nitrogens with one attached hydrogen (secondary N) is 1. The largest absolute Gasteiger partial charge is 0.370 e. The van der Waals surface area contributed by atoms with Crippen molar-refractivity contribution in [3.8, 4) is 0 Å². The summed E-state index contributed by atoms with van der Waals surface area (Å²) in [4.78, 5) is 16.2. The van der Waals surface area contributed by atoms with E-state index in [9.17, 15) is 4.79 Å². The highest BCUT2D eigenvalue weighted by Crippen LogP contribution is 1.96. The number of rotatable bonds is 6. The van der Waals surface area contributed by atoms with Crippen molar-refractivity contribution in [2.75, 3.05) is 27.7 Å². The van der Waals surface area contributed by atoms with Gasteiger partial charge < -0.3 is 20.7 Å². The Morgan fingerprint density at radius 2 is 2.36 bits per heavy atom. The van der Waals surface area contributed by atoms with Crippen LogP contribution in [0.3, 0.4) is 0 Å². The molecule has 0 fully saturated rings. The van der Waals surface area contributed by atoms with E-state index in [0.717, 1.165) is 25.7 Å². The van der Waals surface area contributed by atoms with E-state index < -0.39 is 0 Å². The van der Waals surface area contributed by atoms with E-state index in [1.165, 1.54) is 0 Å². The lowest BCUT2D eigenvalue weighted by Crippen LogP contribution is -2.35. The van der Waals surface area contributed by atoms with Crippen molar-refractivity contribution in [1.82, 2.24) is 10.2 Å². The highest BCUT2D eigenvalue weighted by atomic mass is 16.1. The van der Waals surface area contributed by atoms with Gasteiger partial charge >= 0.3 is 0 Å². The predicted octanol–water partition coefficient (Wildman–Crippen LogP) is -0.570. The monoisotopic (exact) mass is 200 g/mol. The van der Waals surface area contributed by atoms with Crippen molar-refractivity contribution in [2.45, 2.75) is 18.9 Å². The van der Waals surface area contributed by atoms with Gasteiger partial charge in [0.25, 0.3) is 0 Å². The molecule has 14 heavy (non-hydrogen) atoms. The molecular formula is C9H20N4O. The van der Waals surface area contributed by atoms with Gasteiger partial charge in [-0.25, -0.2) is 0 Å². The fraction of sp³-hybridized carbons (Fsp3) is 0.778. The summed E-state index contributed by atoms with van der Waals surface area (Å²) in [6.45, 7) is 0.815. The van der Waals surface area contributed by atoms with Crippen LogP contribution in [0.4, 0.5) is 0 Å². The Morgan fingerprint density at radius 3 is 2.79 bits per heavy atom. The third-order valence-electron chi connectivity index (χ3n) is 2.16. The highest BCUT2D eigenvalue weighted by molar-refractivity contribution is 5.77. The summed E-state index contributed by atoms with van der Waals surface area (Å²) in [6.07, 6.45) is 2.66. The lowest BCUT2D eigenvalue weighted by atomic mass is 10.2. The van der Waals surface area contributed by atoms with E-state index in [0.29, 0.717) is 5.96 Å². The second kappa shape index (κ2) is 7.32. The first-order chi connectivity index (χ1) is 6.65. The molecule has 0 bridgehead atoms. The Kier molecular flexibility index (Phi) is 6.74. The molecule has 3 N–H and O–H groups in total. The van der Waals surface area contributed by atoms with Gasteiger partial charge in [-0.05, 0) is 19.9 Å². The zero-order valence-corrected chi connectivity index (χ0v) is 9.16. The van der Waals surface area contributed by atoms with Crippen molar-refractivity contribution in [1.29, 1.82) is 0 Å². The van der Waals surface area contributed by atoms with Crippen LogP contribution in [0, 0.1) is 0 Å². The predicted molar refractivity (Wildman–Crippen MR) is 58.3 cm³/mol. The number of likely N-dealkylation sites (N-methyl/N-ethyl adjacent to an activating group) is 1. The number of carbonyl (C=O) groups excluding carboxylic acids is 1. The quantitative estimate of drug-likeness (QED) is 0.342. The van der Waals surface area contributed by atoms with Gasteiger partial charge in [0.2, 0.25) is 0 Å². The van der Waals surface area contributed by atoms with Crippen LogP contribution in [0.1, 0.15) is 12.8 Å². The summed E-state index contributed by atoms with van der Waals surface area (Å²) < 4.78 is 0. The van der Waals surface area contributed by atoms with Crippen molar-refractivity contribution < 1.29 is 4.79 Å². The van der Waals surface area contributed by atoms with Crippen molar-refractivity contribution in [2.24, 2.45) is 10.7 Å². The fourth-order valence-corrected chi connectivity index (χ4v) is 1.11. The first-order valence-electron chi connectivity index (χ1n) is 4.71. The van der Waals surface area contributed by atoms with Crippen LogP contribution in [-0.2, 0) is 4.79 Å². The first kappa shape index (κ1) is 12.9. The zero-order chi connectivity index (χ0) is 11.0. The van der Waals surface area contributed by atoms with Gasteiger partial charge in [0.1, 0.15) is 6.29 Å². The van der Waals surface area contributed by atoms with Crippen LogP contribution in [0.2, 0.25) is 0 Å². The molecule has 0 aliphatic rings. The number of guanidine groups is 1. The molecule has 0 aromatic carbocycles. The number of hydrogen-bond acceptors (Lipinski definition) is 3. The summed E-state index contributed by atoms with van der Waals surface area (Å²) in [5, 5.41) is 2.92. The Bertz CT molecular complexity index is 193. The molecule has 0 aliphatic carbocycles. The van der Waals surface area contributed by atoms with E-state index in [1.54, 1.807) is 14.1 Å². The molecule has 0 saturated heterocycles. The van der Waals surface area contributed by atoms with E-state index in [4.69, 9.17) is 5.73 Å². The Morgan fingerprint density at radius 1 is 1.71 bits per heavy atom. The Labute approximate surface area is 85.4 Å². The lowest BCUT2D eigenvalue weighted by Gasteiger charge is -2.18. The molecule has 5 heteroatoms. The Balaban J connectivity index is 3.68. The normalized spacial score (nSPS) is 13.8. The number of aliphatic imine (C=N–C) groups is 1. The van der Waals surface area contributed by atoms with Gasteiger partial charge in [-0.3, -0.25) is 4.99 Å². The highest BCUT2D eigenvalue weighted by Gasteiger charge is 2.05. The molecule has 0 aromatic rings. The van der Waals surface area contributed by atoms with Crippen LogP contribution in [0.5, 0.6) is 0 Å². The van der Waals surface area contributed by atoms with E-state index in [1.807, 2.05) is 11.9 Å². The number of carbonyl (C=O) groups is 1. The number of aldehydes is 1. The minimum Gasteiger partial charge on any atom is -0.370 e. The molecule has 0 saturated carbocycles. The molecular weight excluding hydrogens is 180 g/mol. The second-order valence-electron chi connectivity index (χ2n) is 3.18. The molecule has 82 valence electrons. The summed E-state index contributed by atoms with van der Waals surface area (Å²) in [6, 6.07) is -0.0526. The van der Waals surface area contributed by atoms with Gasteiger partial charge in [-0.1, -0.05) is 0 Å². The number of nitrogens with zero attached hydrogens (tertiary/aromatic N) is 2. The second-order valence-corrected chi connectivity index (χ2v) is 3.18. The first-order valence-corrected chi connectivity index (χ1v) is 4.71. The number of nitrogens with two attached hydrogens (primary N) is 1. The molecule has 0 aromatic heterocycles. The molecule has 0 heterocycles. The van der Waals surface area contributed by atoms with E-state index in [2.05, 4.69) is 10.3 Å². The molecule has 5 nitrogen and oxygen atoms in total. The SMILES string of the molecule is CN=C(N)N(C)CCC[C@@H](C=O)NC. The summed E-state index contributed by atoms with van der Waals surface area (Å²) >= 11 is 0. The minimum absolute atomic E-state index is 0.0526. The maximum atomic E-state index is 10.5. The fourth-order valence-electron chi connectivity index (χ4n) is 1.11. The maximum Gasteiger partial charge on any atom is 0.190 e. The van der Waals surface area contributed by atoms with Gasteiger partial charge in [0, 0.05) is 20.6 Å². The summed E-state index contributed by atoms with van der Waals surface area (Å²) in [5.74, 6) is 0.525. The van der Waals surface area contributed by atoms with Crippen LogP contribution < -0.4 is 11.1 Å². The molecule has 0 unspecified atom stereocenters. The molecule has 0 spiro atoms. The van der Waals surface area contributed by atoms with Crippen molar-refractivity contribution in [3.63, 3.8) is 0 Å². The molecule has 0 aliphatic heterocycles. The maximum absolute atomic E-state index is 10.5. The van der Waals surface area contributed by atoms with Gasteiger partial charge in [-0.2, -0.15) is 0 Å².